The Morgan fingerprint density at radius 2 is 1.88 bits per heavy atom. The molecule has 1 aromatic rings. The van der Waals surface area contributed by atoms with Gasteiger partial charge in [-0.1, -0.05) is 26.0 Å². The van der Waals surface area contributed by atoms with Crippen molar-refractivity contribution in [3.63, 3.8) is 0 Å². The topological polar surface area (TPSA) is 26.7 Å². The minimum Gasteiger partial charge on any atom is -0.508 e. The van der Waals surface area contributed by atoms with E-state index in [0.29, 0.717) is 5.75 Å². The molecule has 3 nitrogen and oxygen atoms in total. The van der Waals surface area contributed by atoms with Crippen molar-refractivity contribution in [2.24, 2.45) is 0 Å². The summed E-state index contributed by atoms with van der Waals surface area (Å²) in [6.07, 6.45) is 0. The first kappa shape index (κ1) is 14.0. The molecule has 0 heterocycles. The first-order valence-electron chi connectivity index (χ1n) is 6.34. The monoisotopic (exact) mass is 236 g/mol. The molecule has 0 amide bonds. The molecule has 96 valence electrons. The molecular formula is C14H24N2O. The number of hydrogen-bond acceptors (Lipinski definition) is 3. The van der Waals surface area contributed by atoms with Crippen molar-refractivity contribution in [2.45, 2.75) is 20.4 Å². The lowest BCUT2D eigenvalue weighted by atomic mass is 10.2. The lowest BCUT2D eigenvalue weighted by Gasteiger charge is -2.23. The van der Waals surface area contributed by atoms with Crippen molar-refractivity contribution in [3.8, 4) is 5.75 Å². The molecular weight excluding hydrogens is 212 g/mol. The summed E-state index contributed by atoms with van der Waals surface area (Å²) in [5.41, 5.74) is 1.17. The van der Waals surface area contributed by atoms with Gasteiger partial charge in [-0.25, -0.2) is 0 Å². The van der Waals surface area contributed by atoms with E-state index in [1.54, 1.807) is 6.07 Å². The third kappa shape index (κ3) is 5.20. The van der Waals surface area contributed by atoms with E-state index in [2.05, 4.69) is 36.8 Å². The molecule has 17 heavy (non-hydrogen) atoms. The second-order valence-corrected chi connectivity index (χ2v) is 4.43. The molecule has 0 spiro atoms. The fourth-order valence-corrected chi connectivity index (χ4v) is 1.73. The lowest BCUT2D eigenvalue weighted by molar-refractivity contribution is 0.231. The van der Waals surface area contributed by atoms with Gasteiger partial charge in [-0.05, 0) is 37.8 Å². The van der Waals surface area contributed by atoms with E-state index in [1.807, 2.05) is 12.1 Å². The molecule has 0 saturated heterocycles. The largest absolute Gasteiger partial charge is 0.508 e. The average molecular weight is 236 g/mol. The van der Waals surface area contributed by atoms with E-state index in [9.17, 15) is 5.11 Å². The van der Waals surface area contributed by atoms with Crippen molar-refractivity contribution >= 4 is 0 Å². The Hall–Kier alpha value is -1.06. The van der Waals surface area contributed by atoms with Crippen LogP contribution in [0, 0.1) is 0 Å². The minimum absolute atomic E-state index is 0.351. The molecule has 0 radical (unpaired) electrons. The SMILES string of the molecule is CCN(C)CCN(CC)Cc1cccc(O)c1. The van der Waals surface area contributed by atoms with Crippen LogP contribution in [0.5, 0.6) is 5.75 Å². The third-order valence-electron chi connectivity index (χ3n) is 3.10. The van der Waals surface area contributed by atoms with Crippen LogP contribution in [0.15, 0.2) is 24.3 Å². The molecule has 0 aliphatic heterocycles. The maximum Gasteiger partial charge on any atom is 0.115 e. The summed E-state index contributed by atoms with van der Waals surface area (Å²) in [6.45, 7) is 9.53. The molecule has 1 aromatic carbocycles. The summed E-state index contributed by atoms with van der Waals surface area (Å²) in [5.74, 6) is 0.351. The van der Waals surface area contributed by atoms with Gasteiger partial charge in [0, 0.05) is 19.6 Å². The molecule has 0 aliphatic rings. The number of phenolic OH excluding ortho intramolecular Hbond substituents is 1. The van der Waals surface area contributed by atoms with E-state index in [4.69, 9.17) is 0 Å². The fraction of sp³-hybridized carbons (Fsp3) is 0.571. The molecule has 0 unspecified atom stereocenters. The van der Waals surface area contributed by atoms with Crippen molar-refractivity contribution in [3.05, 3.63) is 29.8 Å². The molecule has 1 rings (SSSR count). The van der Waals surface area contributed by atoms with Crippen LogP contribution < -0.4 is 0 Å². The van der Waals surface area contributed by atoms with Gasteiger partial charge in [-0.15, -0.1) is 0 Å². The fourth-order valence-electron chi connectivity index (χ4n) is 1.73. The highest BCUT2D eigenvalue weighted by Crippen LogP contribution is 2.12. The number of rotatable bonds is 7. The second-order valence-electron chi connectivity index (χ2n) is 4.43. The minimum atomic E-state index is 0.351. The van der Waals surface area contributed by atoms with Gasteiger partial charge in [0.25, 0.3) is 0 Å². The van der Waals surface area contributed by atoms with Gasteiger partial charge in [0.2, 0.25) is 0 Å². The summed E-state index contributed by atoms with van der Waals surface area (Å²) >= 11 is 0. The second kappa shape index (κ2) is 7.30. The molecule has 0 fully saturated rings. The summed E-state index contributed by atoms with van der Waals surface area (Å²) in [7, 11) is 2.14. The van der Waals surface area contributed by atoms with Crippen LogP contribution in [-0.4, -0.2) is 48.1 Å². The van der Waals surface area contributed by atoms with Gasteiger partial charge in [0.15, 0.2) is 0 Å². The number of benzene rings is 1. The first-order valence-corrected chi connectivity index (χ1v) is 6.34. The first-order chi connectivity index (χ1) is 8.15. The molecule has 0 atom stereocenters. The molecule has 0 bridgehead atoms. The van der Waals surface area contributed by atoms with Gasteiger partial charge in [-0.3, -0.25) is 4.90 Å². The molecule has 0 saturated carbocycles. The standard InChI is InChI=1S/C14H24N2O/c1-4-15(3)9-10-16(5-2)12-13-7-6-8-14(17)11-13/h6-8,11,17H,4-5,9-10,12H2,1-3H3. The van der Waals surface area contributed by atoms with Crippen molar-refractivity contribution in [2.75, 3.05) is 33.2 Å². The quantitative estimate of drug-likeness (QED) is 0.786. The van der Waals surface area contributed by atoms with E-state index in [0.717, 1.165) is 32.7 Å². The Morgan fingerprint density at radius 1 is 1.12 bits per heavy atom. The maximum absolute atomic E-state index is 9.43. The predicted molar refractivity (Wildman–Crippen MR) is 72.2 cm³/mol. The van der Waals surface area contributed by atoms with Crippen molar-refractivity contribution < 1.29 is 5.11 Å². The highest BCUT2D eigenvalue weighted by Gasteiger charge is 2.05. The Bertz CT molecular complexity index is 328. The number of hydrogen-bond donors (Lipinski definition) is 1. The Kier molecular flexibility index (Phi) is 6.01. The summed E-state index contributed by atoms with van der Waals surface area (Å²) in [4.78, 5) is 4.70. The van der Waals surface area contributed by atoms with Crippen LogP contribution >= 0.6 is 0 Å². The van der Waals surface area contributed by atoms with Crippen molar-refractivity contribution in [1.29, 1.82) is 0 Å². The number of nitrogens with zero attached hydrogens (tertiary/aromatic N) is 2. The van der Waals surface area contributed by atoms with Gasteiger partial charge >= 0.3 is 0 Å². The van der Waals surface area contributed by atoms with E-state index < -0.39 is 0 Å². The highest BCUT2D eigenvalue weighted by atomic mass is 16.3. The van der Waals surface area contributed by atoms with Crippen LogP contribution in [0.2, 0.25) is 0 Å². The van der Waals surface area contributed by atoms with Crippen LogP contribution in [0.4, 0.5) is 0 Å². The Labute approximate surface area is 105 Å². The zero-order chi connectivity index (χ0) is 12.7. The molecule has 0 aliphatic carbocycles. The summed E-state index contributed by atoms with van der Waals surface area (Å²) in [6, 6.07) is 7.51. The van der Waals surface area contributed by atoms with E-state index in [1.165, 1.54) is 5.56 Å². The van der Waals surface area contributed by atoms with Crippen LogP contribution in [0.25, 0.3) is 0 Å². The van der Waals surface area contributed by atoms with Crippen molar-refractivity contribution in [1.82, 2.24) is 9.80 Å². The average Bonchev–Trinajstić information content (AvgIpc) is 2.34. The lowest BCUT2D eigenvalue weighted by Crippen LogP contribution is -2.32. The predicted octanol–water partition coefficient (Wildman–Crippen LogP) is 2.17. The molecule has 0 aromatic heterocycles. The Morgan fingerprint density at radius 3 is 2.47 bits per heavy atom. The van der Waals surface area contributed by atoms with Gasteiger partial charge < -0.3 is 10.0 Å². The van der Waals surface area contributed by atoms with Crippen LogP contribution in [0.3, 0.4) is 0 Å². The zero-order valence-corrected chi connectivity index (χ0v) is 11.2. The van der Waals surface area contributed by atoms with E-state index in [-0.39, 0.29) is 0 Å². The molecule has 1 N–H and O–H groups in total. The number of aromatic hydroxyl groups is 1. The van der Waals surface area contributed by atoms with Gasteiger partial charge in [0.1, 0.15) is 5.75 Å². The zero-order valence-electron chi connectivity index (χ0n) is 11.2. The summed E-state index contributed by atoms with van der Waals surface area (Å²) in [5, 5.41) is 9.43. The number of phenols is 1. The number of likely N-dealkylation sites (N-methyl/N-ethyl adjacent to an activating group) is 2. The maximum atomic E-state index is 9.43. The highest BCUT2D eigenvalue weighted by molar-refractivity contribution is 5.26. The van der Waals surface area contributed by atoms with E-state index >= 15 is 0 Å². The van der Waals surface area contributed by atoms with Crippen LogP contribution in [-0.2, 0) is 6.54 Å². The molecule has 3 heteroatoms. The Balaban J connectivity index is 2.46. The van der Waals surface area contributed by atoms with Gasteiger partial charge in [0.05, 0.1) is 0 Å². The summed E-state index contributed by atoms with van der Waals surface area (Å²) < 4.78 is 0. The van der Waals surface area contributed by atoms with Gasteiger partial charge in [-0.2, -0.15) is 0 Å². The third-order valence-corrected chi connectivity index (χ3v) is 3.10. The van der Waals surface area contributed by atoms with Crippen LogP contribution in [0.1, 0.15) is 19.4 Å². The smallest absolute Gasteiger partial charge is 0.115 e. The normalized spacial score (nSPS) is 11.4.